The third-order valence-corrected chi connectivity index (χ3v) is 1.31. The van der Waals surface area contributed by atoms with Gasteiger partial charge in [0.25, 0.3) is 0 Å². The molecule has 1 atom stereocenters. The van der Waals surface area contributed by atoms with Crippen LogP contribution in [0.3, 0.4) is 0 Å². The predicted octanol–water partition coefficient (Wildman–Crippen LogP) is 0.841. The Labute approximate surface area is 66.6 Å². The maximum Gasteiger partial charge on any atom is 0.0371 e. The molecular formula is C8H13N3. The van der Waals surface area contributed by atoms with Crippen LogP contribution in [0.1, 0.15) is 6.92 Å². The molecule has 0 fully saturated rings. The summed E-state index contributed by atoms with van der Waals surface area (Å²) >= 11 is 0. The first-order chi connectivity index (χ1) is 5.29. The Morgan fingerprint density at radius 1 is 1.55 bits per heavy atom. The van der Waals surface area contributed by atoms with Gasteiger partial charge in [-0.3, -0.25) is 4.98 Å². The van der Waals surface area contributed by atoms with E-state index in [0.717, 1.165) is 12.2 Å². The lowest BCUT2D eigenvalue weighted by molar-refractivity contribution is 0.780. The maximum atomic E-state index is 5.56. The fourth-order valence-electron chi connectivity index (χ4n) is 0.749. The van der Waals surface area contributed by atoms with E-state index in [4.69, 9.17) is 5.73 Å². The van der Waals surface area contributed by atoms with Crippen molar-refractivity contribution in [2.45, 2.75) is 13.0 Å². The highest BCUT2D eigenvalue weighted by atomic mass is 14.9. The molecule has 0 saturated heterocycles. The van der Waals surface area contributed by atoms with Gasteiger partial charge in [0, 0.05) is 30.7 Å². The number of pyridine rings is 1. The Morgan fingerprint density at radius 3 is 2.73 bits per heavy atom. The Morgan fingerprint density at radius 2 is 2.18 bits per heavy atom. The topological polar surface area (TPSA) is 50.9 Å². The number of nitrogens with two attached hydrogens (primary N) is 1. The quantitative estimate of drug-likeness (QED) is 0.673. The monoisotopic (exact) mass is 151 g/mol. The SMILES string of the molecule is C[C@@H](N)CNc1ccncc1. The fraction of sp³-hybridized carbons (Fsp3) is 0.375. The molecule has 0 bridgehead atoms. The van der Waals surface area contributed by atoms with E-state index in [1.54, 1.807) is 12.4 Å². The van der Waals surface area contributed by atoms with Crippen LogP contribution in [-0.2, 0) is 0 Å². The van der Waals surface area contributed by atoms with Crippen molar-refractivity contribution in [3.05, 3.63) is 24.5 Å². The zero-order valence-electron chi connectivity index (χ0n) is 6.62. The summed E-state index contributed by atoms with van der Waals surface area (Å²) < 4.78 is 0. The largest absolute Gasteiger partial charge is 0.383 e. The molecule has 0 aliphatic heterocycles. The summed E-state index contributed by atoms with van der Waals surface area (Å²) in [6.45, 7) is 2.76. The van der Waals surface area contributed by atoms with Crippen molar-refractivity contribution in [1.82, 2.24) is 4.98 Å². The molecule has 0 saturated carbocycles. The Kier molecular flexibility index (Phi) is 2.86. The minimum atomic E-state index is 0.183. The minimum Gasteiger partial charge on any atom is -0.383 e. The summed E-state index contributed by atoms with van der Waals surface area (Å²) in [7, 11) is 0. The molecule has 1 aromatic rings. The molecule has 3 N–H and O–H groups in total. The van der Waals surface area contributed by atoms with Crippen LogP contribution >= 0.6 is 0 Å². The molecule has 3 nitrogen and oxygen atoms in total. The molecule has 0 spiro atoms. The number of hydrogen-bond donors (Lipinski definition) is 2. The molecule has 3 heteroatoms. The molecule has 1 aromatic heterocycles. The lowest BCUT2D eigenvalue weighted by atomic mass is 10.3. The van der Waals surface area contributed by atoms with Gasteiger partial charge in [0.1, 0.15) is 0 Å². The Hall–Kier alpha value is -1.09. The standard InChI is InChI=1S/C8H13N3/c1-7(9)6-11-8-2-4-10-5-3-8/h2-5,7H,6,9H2,1H3,(H,10,11)/t7-/m1/s1. The van der Waals surface area contributed by atoms with E-state index in [9.17, 15) is 0 Å². The second-order valence-electron chi connectivity index (χ2n) is 2.59. The molecule has 0 amide bonds. The van der Waals surface area contributed by atoms with Crippen molar-refractivity contribution in [2.24, 2.45) is 5.73 Å². The molecule has 0 aliphatic rings. The van der Waals surface area contributed by atoms with Crippen molar-refractivity contribution in [3.8, 4) is 0 Å². The zero-order chi connectivity index (χ0) is 8.10. The zero-order valence-corrected chi connectivity index (χ0v) is 6.62. The summed E-state index contributed by atoms with van der Waals surface area (Å²) in [5, 5.41) is 3.18. The van der Waals surface area contributed by atoms with Crippen LogP contribution in [0, 0.1) is 0 Å². The van der Waals surface area contributed by atoms with Crippen LogP contribution in [0.4, 0.5) is 5.69 Å². The molecule has 0 aliphatic carbocycles. The van der Waals surface area contributed by atoms with Crippen LogP contribution in [0.2, 0.25) is 0 Å². The average molecular weight is 151 g/mol. The normalized spacial score (nSPS) is 12.5. The lowest BCUT2D eigenvalue weighted by Gasteiger charge is -2.07. The van der Waals surface area contributed by atoms with Crippen LogP contribution in [0.5, 0.6) is 0 Å². The maximum absolute atomic E-state index is 5.56. The number of aromatic nitrogens is 1. The van der Waals surface area contributed by atoms with Gasteiger partial charge >= 0.3 is 0 Å². The van der Waals surface area contributed by atoms with Gasteiger partial charge in [-0.25, -0.2) is 0 Å². The highest BCUT2D eigenvalue weighted by Gasteiger charge is 1.92. The van der Waals surface area contributed by atoms with E-state index in [2.05, 4.69) is 10.3 Å². The lowest BCUT2D eigenvalue weighted by Crippen LogP contribution is -2.25. The second kappa shape index (κ2) is 3.93. The first-order valence-electron chi connectivity index (χ1n) is 3.68. The van der Waals surface area contributed by atoms with Gasteiger partial charge in [-0.1, -0.05) is 0 Å². The van der Waals surface area contributed by atoms with E-state index in [1.165, 1.54) is 0 Å². The predicted molar refractivity (Wildman–Crippen MR) is 46.4 cm³/mol. The average Bonchev–Trinajstić information content (AvgIpc) is 2.03. The summed E-state index contributed by atoms with van der Waals surface area (Å²) in [6, 6.07) is 4.02. The third-order valence-electron chi connectivity index (χ3n) is 1.31. The van der Waals surface area contributed by atoms with Crippen LogP contribution < -0.4 is 11.1 Å². The van der Waals surface area contributed by atoms with Gasteiger partial charge in [0.2, 0.25) is 0 Å². The smallest absolute Gasteiger partial charge is 0.0371 e. The van der Waals surface area contributed by atoms with E-state index >= 15 is 0 Å². The van der Waals surface area contributed by atoms with Crippen molar-refractivity contribution >= 4 is 5.69 Å². The molecular weight excluding hydrogens is 138 g/mol. The van der Waals surface area contributed by atoms with Crippen molar-refractivity contribution < 1.29 is 0 Å². The minimum absolute atomic E-state index is 0.183. The van der Waals surface area contributed by atoms with Gasteiger partial charge in [0.05, 0.1) is 0 Å². The Bertz CT molecular complexity index is 196. The summed E-state index contributed by atoms with van der Waals surface area (Å²) in [5.41, 5.74) is 6.63. The van der Waals surface area contributed by atoms with Gasteiger partial charge < -0.3 is 11.1 Å². The van der Waals surface area contributed by atoms with Gasteiger partial charge in [-0.05, 0) is 19.1 Å². The molecule has 0 aromatic carbocycles. The number of rotatable bonds is 3. The van der Waals surface area contributed by atoms with Crippen LogP contribution in [-0.4, -0.2) is 17.6 Å². The van der Waals surface area contributed by atoms with E-state index in [1.807, 2.05) is 19.1 Å². The van der Waals surface area contributed by atoms with Gasteiger partial charge in [-0.2, -0.15) is 0 Å². The van der Waals surface area contributed by atoms with Gasteiger partial charge in [-0.15, -0.1) is 0 Å². The van der Waals surface area contributed by atoms with E-state index < -0.39 is 0 Å². The van der Waals surface area contributed by atoms with E-state index in [0.29, 0.717) is 0 Å². The van der Waals surface area contributed by atoms with Crippen molar-refractivity contribution in [1.29, 1.82) is 0 Å². The highest BCUT2D eigenvalue weighted by molar-refractivity contribution is 5.40. The molecule has 1 rings (SSSR count). The fourth-order valence-corrected chi connectivity index (χ4v) is 0.749. The number of hydrogen-bond acceptors (Lipinski definition) is 3. The second-order valence-corrected chi connectivity index (χ2v) is 2.59. The highest BCUT2D eigenvalue weighted by Crippen LogP contribution is 2.01. The third kappa shape index (κ3) is 3.00. The number of nitrogens with zero attached hydrogens (tertiary/aromatic N) is 1. The summed E-state index contributed by atoms with van der Waals surface area (Å²) in [5.74, 6) is 0. The molecule has 0 radical (unpaired) electrons. The van der Waals surface area contributed by atoms with Crippen LogP contribution in [0.15, 0.2) is 24.5 Å². The number of nitrogens with one attached hydrogen (secondary N) is 1. The number of anilines is 1. The van der Waals surface area contributed by atoms with Crippen molar-refractivity contribution in [2.75, 3.05) is 11.9 Å². The first-order valence-corrected chi connectivity index (χ1v) is 3.68. The van der Waals surface area contributed by atoms with Crippen LogP contribution in [0.25, 0.3) is 0 Å². The Balaban J connectivity index is 2.39. The summed E-state index contributed by atoms with van der Waals surface area (Å²) in [4.78, 5) is 3.90. The summed E-state index contributed by atoms with van der Waals surface area (Å²) in [6.07, 6.45) is 3.51. The molecule has 60 valence electrons. The molecule has 1 heterocycles. The first kappa shape index (κ1) is 8.01. The van der Waals surface area contributed by atoms with E-state index in [-0.39, 0.29) is 6.04 Å². The van der Waals surface area contributed by atoms with Gasteiger partial charge in [0.15, 0.2) is 0 Å². The van der Waals surface area contributed by atoms with Crippen molar-refractivity contribution in [3.63, 3.8) is 0 Å². The molecule has 0 unspecified atom stereocenters. The molecule has 11 heavy (non-hydrogen) atoms.